The van der Waals surface area contributed by atoms with Crippen LogP contribution < -0.4 is 5.32 Å². The predicted molar refractivity (Wildman–Crippen MR) is 86.8 cm³/mol. The van der Waals surface area contributed by atoms with Gasteiger partial charge in [-0.1, -0.05) is 26.0 Å². The van der Waals surface area contributed by atoms with Gasteiger partial charge in [-0.05, 0) is 75.5 Å². The second-order valence-electron chi connectivity index (χ2n) is 6.60. The van der Waals surface area contributed by atoms with Crippen molar-refractivity contribution in [2.24, 2.45) is 11.8 Å². The van der Waals surface area contributed by atoms with E-state index in [9.17, 15) is 4.39 Å². The molecule has 1 unspecified atom stereocenters. The molecule has 1 fully saturated rings. The smallest absolute Gasteiger partial charge is 0.123 e. The summed E-state index contributed by atoms with van der Waals surface area (Å²) in [7, 11) is 1.99. The number of benzene rings is 1. The Morgan fingerprint density at radius 2 is 1.81 bits per heavy atom. The molecule has 118 valence electrons. The van der Waals surface area contributed by atoms with Gasteiger partial charge in [0.05, 0.1) is 0 Å². The molecule has 1 atom stereocenters. The summed E-state index contributed by atoms with van der Waals surface area (Å²) < 4.78 is 13.0. The van der Waals surface area contributed by atoms with Gasteiger partial charge in [-0.3, -0.25) is 0 Å². The lowest BCUT2D eigenvalue weighted by atomic mass is 9.86. The first-order valence-electron chi connectivity index (χ1n) is 8.25. The van der Waals surface area contributed by atoms with Gasteiger partial charge in [0.1, 0.15) is 5.82 Å². The molecule has 1 aromatic carbocycles. The van der Waals surface area contributed by atoms with Crippen molar-refractivity contribution in [3.8, 4) is 0 Å². The van der Waals surface area contributed by atoms with Crippen molar-refractivity contribution in [3.63, 3.8) is 0 Å². The van der Waals surface area contributed by atoms with Gasteiger partial charge in [0.2, 0.25) is 0 Å². The van der Waals surface area contributed by atoms with E-state index in [1.807, 2.05) is 19.2 Å². The average molecular weight is 292 g/mol. The van der Waals surface area contributed by atoms with E-state index in [0.29, 0.717) is 6.04 Å². The van der Waals surface area contributed by atoms with E-state index in [4.69, 9.17) is 0 Å². The van der Waals surface area contributed by atoms with Crippen LogP contribution in [0.25, 0.3) is 0 Å². The highest BCUT2D eigenvalue weighted by molar-refractivity contribution is 5.19. The minimum atomic E-state index is -0.163. The summed E-state index contributed by atoms with van der Waals surface area (Å²) in [5.74, 6) is 1.55. The number of hydrogen-bond acceptors (Lipinski definition) is 2. The summed E-state index contributed by atoms with van der Waals surface area (Å²) in [6.45, 7) is 8.25. The second-order valence-corrected chi connectivity index (χ2v) is 6.60. The van der Waals surface area contributed by atoms with E-state index < -0.39 is 0 Å². The van der Waals surface area contributed by atoms with Gasteiger partial charge < -0.3 is 10.2 Å². The molecular weight excluding hydrogens is 263 g/mol. The highest BCUT2D eigenvalue weighted by atomic mass is 19.1. The maximum absolute atomic E-state index is 13.0. The van der Waals surface area contributed by atoms with Gasteiger partial charge in [0, 0.05) is 6.04 Å². The fourth-order valence-corrected chi connectivity index (χ4v) is 3.33. The summed E-state index contributed by atoms with van der Waals surface area (Å²) in [5.41, 5.74) is 1.18. The predicted octanol–water partition coefficient (Wildman–Crippen LogP) is 3.84. The fraction of sp³-hybridized carbons (Fsp3) is 0.667. The molecule has 1 aliphatic heterocycles. The largest absolute Gasteiger partial charge is 0.313 e. The Morgan fingerprint density at radius 3 is 2.33 bits per heavy atom. The topological polar surface area (TPSA) is 15.3 Å². The first-order valence-corrected chi connectivity index (χ1v) is 8.25. The van der Waals surface area contributed by atoms with E-state index in [0.717, 1.165) is 24.8 Å². The van der Waals surface area contributed by atoms with Gasteiger partial charge in [-0.2, -0.15) is 0 Å². The molecule has 2 rings (SSSR count). The third-order valence-electron chi connectivity index (χ3n) is 4.93. The van der Waals surface area contributed by atoms with Crippen LogP contribution in [0.1, 0.15) is 44.7 Å². The monoisotopic (exact) mass is 292 g/mol. The Morgan fingerprint density at radius 1 is 1.19 bits per heavy atom. The van der Waals surface area contributed by atoms with Crippen molar-refractivity contribution in [1.82, 2.24) is 10.2 Å². The first kappa shape index (κ1) is 16.4. The maximum atomic E-state index is 13.0. The number of rotatable bonds is 6. The van der Waals surface area contributed by atoms with Gasteiger partial charge in [0.15, 0.2) is 0 Å². The zero-order valence-electron chi connectivity index (χ0n) is 13.6. The van der Waals surface area contributed by atoms with E-state index in [1.54, 1.807) is 12.1 Å². The Bertz CT molecular complexity index is 408. The SMILES string of the molecule is CNC(CCN1CCC(C(C)C)CC1)c1ccc(F)cc1. The molecule has 1 heterocycles. The van der Waals surface area contributed by atoms with Crippen LogP contribution in [0.3, 0.4) is 0 Å². The standard InChI is InChI=1S/C18H29FN2/c1-14(2)15-8-11-21(12-9-15)13-10-18(20-3)16-4-6-17(19)7-5-16/h4-7,14-15,18,20H,8-13H2,1-3H3. The highest BCUT2D eigenvalue weighted by Gasteiger charge is 2.22. The van der Waals surface area contributed by atoms with E-state index >= 15 is 0 Å². The normalized spacial score (nSPS) is 19.1. The third kappa shape index (κ3) is 4.79. The number of likely N-dealkylation sites (tertiary alicyclic amines) is 1. The van der Waals surface area contributed by atoms with Gasteiger partial charge in [-0.25, -0.2) is 4.39 Å². The number of nitrogens with zero attached hydrogens (tertiary/aromatic N) is 1. The molecule has 0 radical (unpaired) electrons. The lowest BCUT2D eigenvalue weighted by molar-refractivity contribution is 0.153. The molecule has 0 aliphatic carbocycles. The molecule has 0 amide bonds. The van der Waals surface area contributed by atoms with E-state index in [1.165, 1.54) is 31.5 Å². The molecular formula is C18H29FN2. The summed E-state index contributed by atoms with van der Waals surface area (Å²) in [5, 5.41) is 3.36. The fourth-order valence-electron chi connectivity index (χ4n) is 3.33. The quantitative estimate of drug-likeness (QED) is 0.857. The zero-order valence-corrected chi connectivity index (χ0v) is 13.6. The molecule has 21 heavy (non-hydrogen) atoms. The minimum absolute atomic E-state index is 0.163. The van der Waals surface area contributed by atoms with Crippen molar-refractivity contribution in [3.05, 3.63) is 35.6 Å². The lowest BCUT2D eigenvalue weighted by Crippen LogP contribution is -2.37. The summed E-state index contributed by atoms with van der Waals surface area (Å²) in [6, 6.07) is 7.19. The van der Waals surface area contributed by atoms with Crippen LogP contribution in [0.4, 0.5) is 4.39 Å². The number of halogens is 1. The Balaban J connectivity index is 1.80. The zero-order chi connectivity index (χ0) is 15.2. The molecule has 1 saturated heterocycles. The van der Waals surface area contributed by atoms with Crippen LogP contribution in [0.2, 0.25) is 0 Å². The average Bonchev–Trinajstić information content (AvgIpc) is 2.50. The molecule has 0 bridgehead atoms. The van der Waals surface area contributed by atoms with Gasteiger partial charge in [-0.15, -0.1) is 0 Å². The molecule has 0 aromatic heterocycles. The number of hydrogen-bond donors (Lipinski definition) is 1. The van der Waals surface area contributed by atoms with Crippen LogP contribution in [0.15, 0.2) is 24.3 Å². The lowest BCUT2D eigenvalue weighted by Gasteiger charge is -2.34. The summed E-state index contributed by atoms with van der Waals surface area (Å²) >= 11 is 0. The molecule has 3 heteroatoms. The van der Waals surface area contributed by atoms with Crippen LogP contribution in [-0.4, -0.2) is 31.6 Å². The van der Waals surface area contributed by atoms with E-state index in [2.05, 4.69) is 24.1 Å². The maximum Gasteiger partial charge on any atom is 0.123 e. The van der Waals surface area contributed by atoms with Crippen LogP contribution >= 0.6 is 0 Å². The Hall–Kier alpha value is -0.930. The van der Waals surface area contributed by atoms with Crippen LogP contribution in [0.5, 0.6) is 0 Å². The molecule has 1 aliphatic rings. The number of nitrogens with one attached hydrogen (secondary N) is 1. The van der Waals surface area contributed by atoms with Crippen molar-refractivity contribution in [2.45, 2.75) is 39.2 Å². The molecule has 1 aromatic rings. The minimum Gasteiger partial charge on any atom is -0.313 e. The van der Waals surface area contributed by atoms with Crippen molar-refractivity contribution < 1.29 is 4.39 Å². The summed E-state index contributed by atoms with van der Waals surface area (Å²) in [4.78, 5) is 2.58. The van der Waals surface area contributed by atoms with Crippen molar-refractivity contribution in [2.75, 3.05) is 26.7 Å². The second kappa shape index (κ2) is 7.90. The third-order valence-corrected chi connectivity index (χ3v) is 4.93. The Kier molecular flexibility index (Phi) is 6.19. The molecule has 1 N–H and O–H groups in total. The molecule has 0 spiro atoms. The summed E-state index contributed by atoms with van der Waals surface area (Å²) in [6.07, 6.45) is 3.74. The first-order chi connectivity index (χ1) is 10.1. The van der Waals surface area contributed by atoms with Crippen LogP contribution in [-0.2, 0) is 0 Å². The molecule has 2 nitrogen and oxygen atoms in total. The highest BCUT2D eigenvalue weighted by Crippen LogP contribution is 2.25. The van der Waals surface area contributed by atoms with Gasteiger partial charge in [0.25, 0.3) is 0 Å². The van der Waals surface area contributed by atoms with Crippen molar-refractivity contribution in [1.29, 1.82) is 0 Å². The Labute approximate surface area is 128 Å². The van der Waals surface area contributed by atoms with E-state index in [-0.39, 0.29) is 5.82 Å². The van der Waals surface area contributed by atoms with Crippen molar-refractivity contribution >= 4 is 0 Å². The molecule has 0 saturated carbocycles. The number of piperidine rings is 1. The van der Waals surface area contributed by atoms with Crippen LogP contribution in [0, 0.1) is 17.7 Å². The van der Waals surface area contributed by atoms with Gasteiger partial charge >= 0.3 is 0 Å².